The van der Waals surface area contributed by atoms with Crippen LogP contribution >= 0.6 is 0 Å². The quantitative estimate of drug-likeness (QED) is 0.0510. The molecule has 354 valence electrons. The van der Waals surface area contributed by atoms with Gasteiger partial charge in [-0.3, -0.25) is 0 Å². The van der Waals surface area contributed by atoms with Gasteiger partial charge in [0.2, 0.25) is 5.71 Å². The van der Waals surface area contributed by atoms with E-state index in [1.165, 1.54) is 165 Å². The van der Waals surface area contributed by atoms with E-state index >= 15 is 0 Å². The van der Waals surface area contributed by atoms with Crippen LogP contribution in [0.2, 0.25) is 0 Å². The molecule has 0 bridgehead atoms. The minimum atomic E-state index is 0.791. The number of hydrogen-bond donors (Lipinski definition) is 0. The van der Waals surface area contributed by atoms with Gasteiger partial charge in [0, 0.05) is 49.3 Å². The van der Waals surface area contributed by atoms with Crippen molar-refractivity contribution in [1.82, 2.24) is 0 Å². The lowest BCUT2D eigenvalue weighted by molar-refractivity contribution is -0.527. The monoisotopic (exact) mass is 870 g/mol. The molecule has 0 unspecified atom stereocenters. The number of allylic oxidation sites excluding steroid dienone is 2. The molecule has 0 amide bonds. The Bertz CT molecular complexity index is 1610. The summed E-state index contributed by atoms with van der Waals surface area (Å²) in [5.41, 5.74) is 8.63. The first-order valence-corrected chi connectivity index (χ1v) is 25.8. The first kappa shape index (κ1) is 53.7. The number of aryl methyl sites for hydroxylation is 2. The van der Waals surface area contributed by atoms with Crippen LogP contribution in [0.15, 0.2) is 59.6 Å². The number of benzene rings is 2. The Hall–Kier alpha value is -3.67. The fourth-order valence-electron chi connectivity index (χ4n) is 9.31. The molecule has 0 N–H and O–H groups in total. The van der Waals surface area contributed by atoms with Crippen LogP contribution in [0.1, 0.15) is 204 Å². The van der Waals surface area contributed by atoms with Crippen molar-refractivity contribution in [2.45, 2.75) is 196 Å². The van der Waals surface area contributed by atoms with Crippen molar-refractivity contribution in [2.75, 3.05) is 59.5 Å². The van der Waals surface area contributed by atoms with Gasteiger partial charge >= 0.3 is 0 Å². The Morgan fingerprint density at radius 3 is 1.24 bits per heavy atom. The fraction of sp³-hybridized carbons (Fsp3) is 0.667. The minimum Gasteiger partial charge on any atom is -0.496 e. The molecule has 0 heterocycles. The lowest BCUT2D eigenvalue weighted by atomic mass is 9.83. The molecular weight excluding hydrogens is 777 g/mol. The first-order chi connectivity index (χ1) is 30.8. The fourth-order valence-corrected chi connectivity index (χ4v) is 9.31. The molecular formula is C57H93N2O4+. The molecule has 1 aliphatic rings. The van der Waals surface area contributed by atoms with Gasteiger partial charge < -0.3 is 23.8 Å². The second kappa shape index (κ2) is 32.1. The average molecular weight is 870 g/mol. The molecule has 63 heavy (non-hydrogen) atoms. The predicted molar refractivity (Wildman–Crippen MR) is 272 cm³/mol. The van der Waals surface area contributed by atoms with Crippen LogP contribution in [0.4, 0.5) is 5.69 Å². The summed E-state index contributed by atoms with van der Waals surface area (Å²) in [6.45, 7) is 17.7. The molecule has 2 aromatic rings. The second-order valence-electron chi connectivity index (χ2n) is 18.1. The SMILES string of the molecule is CCCCCCCCN(CCCCCCCC)c1cc(OC)c(C(=C2C(OC)=CC(=[N+](CCCCCCCC)CCCCCCCC)C=C2OC)c2c(C)cccc2C)c(OC)c1. The zero-order valence-corrected chi connectivity index (χ0v) is 42.4. The summed E-state index contributed by atoms with van der Waals surface area (Å²) in [6, 6.07) is 11.1. The second-order valence-corrected chi connectivity index (χ2v) is 18.1. The Balaban J connectivity index is 2.25. The zero-order chi connectivity index (χ0) is 45.7. The number of ether oxygens (including phenoxy) is 4. The molecule has 2 aromatic carbocycles. The van der Waals surface area contributed by atoms with Crippen LogP contribution in [-0.2, 0) is 9.47 Å². The number of methoxy groups -OCH3 is 4. The topological polar surface area (TPSA) is 43.2 Å². The Kier molecular flexibility index (Phi) is 27.3. The minimum absolute atomic E-state index is 0.791. The van der Waals surface area contributed by atoms with Crippen molar-refractivity contribution in [1.29, 1.82) is 0 Å². The molecule has 0 atom stereocenters. The third-order valence-electron chi connectivity index (χ3n) is 13.1. The summed E-state index contributed by atoms with van der Waals surface area (Å²) in [7, 11) is 7.21. The van der Waals surface area contributed by atoms with Gasteiger partial charge in [-0.25, -0.2) is 4.58 Å². The number of unbranched alkanes of at least 4 members (excludes halogenated alkanes) is 20. The summed E-state index contributed by atoms with van der Waals surface area (Å²) in [4.78, 5) is 2.59. The van der Waals surface area contributed by atoms with Crippen LogP contribution in [0.3, 0.4) is 0 Å². The highest BCUT2D eigenvalue weighted by Gasteiger charge is 2.33. The van der Waals surface area contributed by atoms with E-state index in [4.69, 9.17) is 18.9 Å². The number of hydrogen-bond acceptors (Lipinski definition) is 5. The van der Waals surface area contributed by atoms with E-state index in [2.05, 4.69) is 93.5 Å². The molecule has 3 rings (SSSR count). The van der Waals surface area contributed by atoms with Crippen molar-refractivity contribution in [3.8, 4) is 11.5 Å². The Morgan fingerprint density at radius 1 is 0.476 bits per heavy atom. The van der Waals surface area contributed by atoms with E-state index in [1.807, 2.05) is 0 Å². The van der Waals surface area contributed by atoms with Gasteiger partial charge in [-0.15, -0.1) is 0 Å². The van der Waals surface area contributed by atoms with Gasteiger partial charge in [0.15, 0.2) is 0 Å². The van der Waals surface area contributed by atoms with Crippen LogP contribution in [0.5, 0.6) is 11.5 Å². The molecule has 0 radical (unpaired) electrons. The maximum atomic E-state index is 6.47. The normalized spacial score (nSPS) is 12.6. The van der Waals surface area contributed by atoms with Crippen molar-refractivity contribution in [2.24, 2.45) is 0 Å². The molecule has 0 aliphatic heterocycles. The van der Waals surface area contributed by atoms with Crippen LogP contribution in [0.25, 0.3) is 5.57 Å². The number of rotatable bonds is 35. The van der Waals surface area contributed by atoms with Gasteiger partial charge in [0.25, 0.3) is 0 Å². The van der Waals surface area contributed by atoms with E-state index in [0.717, 1.165) is 82.9 Å². The molecule has 0 saturated heterocycles. The van der Waals surface area contributed by atoms with Gasteiger partial charge in [0.1, 0.15) is 36.1 Å². The van der Waals surface area contributed by atoms with E-state index < -0.39 is 0 Å². The Morgan fingerprint density at radius 2 is 0.857 bits per heavy atom. The lowest BCUT2D eigenvalue weighted by Gasteiger charge is -2.29. The standard InChI is InChI=1S/C57H93N2O4/c1-11-15-19-23-27-31-38-58(39-32-28-24-20-16-12-2)48-42-50(60-7)55(51(43-48)61-8)57(54-46(5)36-35-37-47(54)6)56-52(62-9)44-49(45-53(56)63-10)59(40-33-29-25-21-17-13-3)41-34-30-26-22-18-14-4/h35-37,42-45H,11-34,38-41H2,1-10H3/q+1. The van der Waals surface area contributed by atoms with Crippen molar-refractivity contribution in [3.05, 3.63) is 81.8 Å². The zero-order valence-electron chi connectivity index (χ0n) is 42.4. The van der Waals surface area contributed by atoms with E-state index in [-0.39, 0.29) is 0 Å². The van der Waals surface area contributed by atoms with Crippen molar-refractivity contribution >= 4 is 17.0 Å². The highest BCUT2D eigenvalue weighted by Crippen LogP contribution is 2.48. The lowest BCUT2D eigenvalue weighted by Crippen LogP contribution is -2.26. The molecule has 6 heteroatoms. The van der Waals surface area contributed by atoms with Crippen molar-refractivity contribution < 1.29 is 23.5 Å². The Labute approximate surface area is 387 Å². The molecule has 0 fully saturated rings. The van der Waals surface area contributed by atoms with Gasteiger partial charge in [-0.1, -0.05) is 161 Å². The molecule has 0 aromatic heterocycles. The maximum Gasteiger partial charge on any atom is 0.207 e. The maximum absolute atomic E-state index is 6.47. The average Bonchev–Trinajstić information content (AvgIpc) is 3.30. The van der Waals surface area contributed by atoms with Crippen LogP contribution in [0, 0.1) is 13.8 Å². The smallest absolute Gasteiger partial charge is 0.207 e. The first-order valence-electron chi connectivity index (χ1n) is 25.8. The summed E-state index contributed by atoms with van der Waals surface area (Å²) >= 11 is 0. The largest absolute Gasteiger partial charge is 0.496 e. The third kappa shape index (κ3) is 17.7. The number of nitrogens with zero attached hydrogens (tertiary/aromatic N) is 2. The summed E-state index contributed by atoms with van der Waals surface area (Å²) < 4.78 is 28.5. The van der Waals surface area contributed by atoms with E-state index in [0.29, 0.717) is 0 Å². The highest BCUT2D eigenvalue weighted by molar-refractivity contribution is 6.06. The van der Waals surface area contributed by atoms with Gasteiger partial charge in [-0.05, 0) is 56.2 Å². The van der Waals surface area contributed by atoms with Crippen LogP contribution in [-0.4, -0.2) is 64.9 Å². The predicted octanol–water partition coefficient (Wildman–Crippen LogP) is 15.9. The van der Waals surface area contributed by atoms with E-state index in [1.54, 1.807) is 28.4 Å². The summed E-state index contributed by atoms with van der Waals surface area (Å²) in [5.74, 6) is 3.16. The van der Waals surface area contributed by atoms with Crippen LogP contribution < -0.4 is 14.4 Å². The summed E-state index contributed by atoms with van der Waals surface area (Å²) in [6.07, 6.45) is 35.2. The summed E-state index contributed by atoms with van der Waals surface area (Å²) in [5, 5.41) is 0. The van der Waals surface area contributed by atoms with Crippen molar-refractivity contribution in [3.63, 3.8) is 0 Å². The number of anilines is 1. The molecule has 1 aliphatic carbocycles. The molecule has 6 nitrogen and oxygen atoms in total. The van der Waals surface area contributed by atoms with Gasteiger partial charge in [-0.2, -0.15) is 0 Å². The molecule has 0 spiro atoms. The van der Waals surface area contributed by atoms with E-state index in [9.17, 15) is 0 Å². The highest BCUT2D eigenvalue weighted by atomic mass is 16.5. The van der Waals surface area contributed by atoms with Gasteiger partial charge in [0.05, 0.1) is 51.7 Å². The third-order valence-corrected chi connectivity index (χ3v) is 13.1. The molecule has 0 saturated carbocycles.